The lowest BCUT2D eigenvalue weighted by molar-refractivity contribution is 0.0927. The first-order valence-corrected chi connectivity index (χ1v) is 7.59. The van der Waals surface area contributed by atoms with Crippen molar-refractivity contribution in [1.29, 1.82) is 0 Å². The summed E-state index contributed by atoms with van der Waals surface area (Å²) in [5.74, 6) is 0.684. The number of nitrogens with two attached hydrogens (primary N) is 1. The number of nitrogens with one attached hydrogen (secondary N) is 1. The van der Waals surface area contributed by atoms with E-state index in [0.717, 1.165) is 18.8 Å². The molecule has 1 rings (SSSR count). The van der Waals surface area contributed by atoms with Crippen LogP contribution in [0.5, 0.6) is 0 Å². The minimum absolute atomic E-state index is 0.0348. The highest BCUT2D eigenvalue weighted by molar-refractivity contribution is 5.94. The van der Waals surface area contributed by atoms with Gasteiger partial charge < -0.3 is 15.6 Å². The zero-order valence-corrected chi connectivity index (χ0v) is 13.4. The van der Waals surface area contributed by atoms with Gasteiger partial charge in [-0.25, -0.2) is 0 Å². The molecule has 0 aromatic carbocycles. The molecule has 1 heterocycles. The molecular weight excluding hydrogens is 250 g/mol. The molecule has 0 aliphatic rings. The SMILES string of the molecule is CC(C)CCCC(C)NC(=O)c1cc(N)cn1C(C)C. The fraction of sp³-hybridized carbons (Fsp3) is 0.688. The molecule has 0 spiro atoms. The number of carbonyl (C=O) groups is 1. The first-order valence-electron chi connectivity index (χ1n) is 7.59. The van der Waals surface area contributed by atoms with Crippen LogP contribution in [0.4, 0.5) is 5.69 Å². The highest BCUT2D eigenvalue weighted by Gasteiger charge is 2.16. The zero-order valence-electron chi connectivity index (χ0n) is 13.4. The quantitative estimate of drug-likeness (QED) is 0.801. The van der Waals surface area contributed by atoms with Crippen molar-refractivity contribution < 1.29 is 4.79 Å². The number of nitrogens with zero attached hydrogens (tertiary/aromatic N) is 1. The van der Waals surface area contributed by atoms with E-state index in [9.17, 15) is 4.79 Å². The van der Waals surface area contributed by atoms with Crippen molar-refractivity contribution in [3.8, 4) is 0 Å². The fourth-order valence-electron chi connectivity index (χ4n) is 2.31. The van der Waals surface area contributed by atoms with Crippen LogP contribution >= 0.6 is 0 Å². The number of hydrogen-bond acceptors (Lipinski definition) is 2. The molecule has 1 aromatic heterocycles. The molecule has 0 radical (unpaired) electrons. The van der Waals surface area contributed by atoms with Gasteiger partial charge in [0.2, 0.25) is 0 Å². The van der Waals surface area contributed by atoms with E-state index in [4.69, 9.17) is 5.73 Å². The molecule has 1 amide bonds. The zero-order chi connectivity index (χ0) is 15.3. The molecule has 1 aromatic rings. The topological polar surface area (TPSA) is 60.1 Å². The monoisotopic (exact) mass is 279 g/mol. The van der Waals surface area contributed by atoms with Crippen molar-refractivity contribution in [1.82, 2.24) is 9.88 Å². The lowest BCUT2D eigenvalue weighted by atomic mass is 10.0. The van der Waals surface area contributed by atoms with E-state index in [0.29, 0.717) is 11.4 Å². The molecule has 0 saturated heterocycles. The van der Waals surface area contributed by atoms with Gasteiger partial charge in [-0.05, 0) is 39.2 Å². The van der Waals surface area contributed by atoms with Crippen molar-refractivity contribution in [3.63, 3.8) is 0 Å². The second kappa shape index (κ2) is 7.36. The van der Waals surface area contributed by atoms with Crippen LogP contribution in [0, 0.1) is 5.92 Å². The van der Waals surface area contributed by atoms with Crippen molar-refractivity contribution in [2.75, 3.05) is 5.73 Å². The highest BCUT2D eigenvalue weighted by Crippen LogP contribution is 2.17. The lowest BCUT2D eigenvalue weighted by Crippen LogP contribution is -2.34. The van der Waals surface area contributed by atoms with E-state index in [1.807, 2.05) is 24.6 Å². The molecule has 0 aliphatic heterocycles. The van der Waals surface area contributed by atoms with Gasteiger partial charge >= 0.3 is 0 Å². The summed E-state index contributed by atoms with van der Waals surface area (Å²) in [7, 11) is 0. The van der Waals surface area contributed by atoms with Crippen LogP contribution in [0.2, 0.25) is 0 Å². The Morgan fingerprint density at radius 1 is 1.25 bits per heavy atom. The summed E-state index contributed by atoms with van der Waals surface area (Å²) >= 11 is 0. The number of anilines is 1. The van der Waals surface area contributed by atoms with Gasteiger partial charge in [0, 0.05) is 18.3 Å². The first-order chi connectivity index (χ1) is 9.31. The van der Waals surface area contributed by atoms with Crippen LogP contribution in [0.3, 0.4) is 0 Å². The summed E-state index contributed by atoms with van der Waals surface area (Å²) in [5.41, 5.74) is 7.08. The van der Waals surface area contributed by atoms with E-state index in [2.05, 4.69) is 26.1 Å². The molecule has 4 heteroatoms. The highest BCUT2D eigenvalue weighted by atomic mass is 16.2. The van der Waals surface area contributed by atoms with Gasteiger partial charge in [-0.3, -0.25) is 4.79 Å². The van der Waals surface area contributed by atoms with Crippen molar-refractivity contribution in [3.05, 3.63) is 18.0 Å². The summed E-state index contributed by atoms with van der Waals surface area (Å²) in [5, 5.41) is 3.06. The van der Waals surface area contributed by atoms with Crippen LogP contribution in [0.25, 0.3) is 0 Å². The second-order valence-electron chi connectivity index (χ2n) is 6.36. The third-order valence-corrected chi connectivity index (χ3v) is 3.45. The first kappa shape index (κ1) is 16.6. The lowest BCUT2D eigenvalue weighted by Gasteiger charge is -2.17. The number of nitrogen functional groups attached to an aromatic ring is 1. The number of aromatic nitrogens is 1. The molecule has 114 valence electrons. The summed E-state index contributed by atoms with van der Waals surface area (Å²) < 4.78 is 1.92. The van der Waals surface area contributed by atoms with E-state index in [1.165, 1.54) is 6.42 Å². The third-order valence-electron chi connectivity index (χ3n) is 3.45. The molecule has 3 N–H and O–H groups in total. The summed E-state index contributed by atoms with van der Waals surface area (Å²) in [6.45, 7) is 10.6. The van der Waals surface area contributed by atoms with E-state index in [-0.39, 0.29) is 18.0 Å². The third kappa shape index (κ3) is 4.91. The summed E-state index contributed by atoms with van der Waals surface area (Å²) in [6, 6.07) is 2.16. The molecule has 1 unspecified atom stereocenters. The minimum atomic E-state index is -0.0348. The number of rotatable bonds is 7. The Morgan fingerprint density at radius 3 is 2.45 bits per heavy atom. The average Bonchev–Trinajstić information content (AvgIpc) is 2.71. The van der Waals surface area contributed by atoms with Crippen LogP contribution in [0.15, 0.2) is 12.3 Å². The second-order valence-corrected chi connectivity index (χ2v) is 6.36. The van der Waals surface area contributed by atoms with E-state index in [1.54, 1.807) is 6.07 Å². The average molecular weight is 279 g/mol. The van der Waals surface area contributed by atoms with Gasteiger partial charge in [0.05, 0.1) is 5.69 Å². The predicted octanol–water partition coefficient (Wildman–Crippen LogP) is 3.60. The van der Waals surface area contributed by atoms with Crippen molar-refractivity contribution >= 4 is 11.6 Å². The standard InChI is InChI=1S/C16H29N3O/c1-11(2)7-6-8-13(5)18-16(20)15-9-14(17)10-19(15)12(3)4/h9-13H,6-8,17H2,1-5H3,(H,18,20). The maximum Gasteiger partial charge on any atom is 0.268 e. The van der Waals surface area contributed by atoms with E-state index >= 15 is 0 Å². The summed E-state index contributed by atoms with van der Waals surface area (Å²) in [6.07, 6.45) is 5.19. The van der Waals surface area contributed by atoms with Crippen LogP contribution < -0.4 is 11.1 Å². The molecule has 0 fully saturated rings. The number of carbonyl (C=O) groups excluding carboxylic acids is 1. The van der Waals surface area contributed by atoms with Crippen molar-refractivity contribution in [2.45, 2.75) is 66.0 Å². The molecule has 1 atom stereocenters. The Kier molecular flexibility index (Phi) is 6.11. The number of hydrogen-bond donors (Lipinski definition) is 2. The smallest absolute Gasteiger partial charge is 0.268 e. The van der Waals surface area contributed by atoms with Crippen molar-refractivity contribution in [2.24, 2.45) is 5.92 Å². The fourth-order valence-corrected chi connectivity index (χ4v) is 2.31. The van der Waals surface area contributed by atoms with Crippen LogP contribution in [-0.2, 0) is 0 Å². The van der Waals surface area contributed by atoms with Gasteiger partial charge in [0.15, 0.2) is 0 Å². The van der Waals surface area contributed by atoms with Gasteiger partial charge in [-0.2, -0.15) is 0 Å². The van der Waals surface area contributed by atoms with Crippen LogP contribution in [-0.4, -0.2) is 16.5 Å². The maximum absolute atomic E-state index is 12.3. The Balaban J connectivity index is 2.58. The largest absolute Gasteiger partial charge is 0.397 e. The van der Waals surface area contributed by atoms with Crippen LogP contribution in [0.1, 0.15) is 70.4 Å². The normalized spacial score (nSPS) is 12.9. The summed E-state index contributed by atoms with van der Waals surface area (Å²) in [4.78, 5) is 12.3. The van der Waals surface area contributed by atoms with Gasteiger partial charge in [-0.1, -0.05) is 26.7 Å². The Labute approximate surface area is 122 Å². The molecule has 20 heavy (non-hydrogen) atoms. The predicted molar refractivity (Wildman–Crippen MR) is 84.8 cm³/mol. The maximum atomic E-state index is 12.3. The number of amides is 1. The molecule has 4 nitrogen and oxygen atoms in total. The Morgan fingerprint density at radius 2 is 1.90 bits per heavy atom. The Hall–Kier alpha value is -1.45. The Bertz CT molecular complexity index is 435. The molecule has 0 bridgehead atoms. The molecule has 0 aliphatic carbocycles. The molecule has 0 saturated carbocycles. The van der Waals surface area contributed by atoms with Gasteiger partial charge in [-0.15, -0.1) is 0 Å². The van der Waals surface area contributed by atoms with E-state index < -0.39 is 0 Å². The molecular formula is C16H29N3O. The van der Waals surface area contributed by atoms with Gasteiger partial charge in [0.25, 0.3) is 5.91 Å². The minimum Gasteiger partial charge on any atom is -0.397 e. The van der Waals surface area contributed by atoms with Gasteiger partial charge in [0.1, 0.15) is 5.69 Å².